The van der Waals surface area contributed by atoms with E-state index in [1.807, 2.05) is 0 Å². The van der Waals surface area contributed by atoms with E-state index in [0.717, 1.165) is 0 Å². The topological polar surface area (TPSA) is 63.7 Å². The molecule has 1 saturated carbocycles. The lowest BCUT2D eigenvalue weighted by Gasteiger charge is -2.40. The van der Waals surface area contributed by atoms with Crippen LogP contribution >= 0.6 is 0 Å². The fraction of sp³-hybridized carbons (Fsp3) is 0.471. The van der Waals surface area contributed by atoms with Gasteiger partial charge in [-0.05, 0) is 24.0 Å². The molecule has 1 aromatic carbocycles. The van der Waals surface area contributed by atoms with Gasteiger partial charge in [-0.1, -0.05) is 31.0 Å². The second-order valence-electron chi connectivity index (χ2n) is 6.96. The number of carbonyl (C=O) groups excluding carboxylic acids is 3. The summed E-state index contributed by atoms with van der Waals surface area (Å²) in [5.74, 6) is -6.55. The van der Waals surface area contributed by atoms with Crippen molar-refractivity contribution in [2.75, 3.05) is 0 Å². The van der Waals surface area contributed by atoms with Crippen LogP contribution in [-0.2, 0) is 9.63 Å². The van der Waals surface area contributed by atoms with Gasteiger partial charge < -0.3 is 4.84 Å². The summed E-state index contributed by atoms with van der Waals surface area (Å²) in [6, 6.07) is 6.06. The van der Waals surface area contributed by atoms with Crippen LogP contribution in [0.25, 0.3) is 0 Å². The van der Waals surface area contributed by atoms with Gasteiger partial charge in [-0.25, -0.2) is 13.6 Å². The van der Waals surface area contributed by atoms with Crippen LogP contribution in [0.1, 0.15) is 53.8 Å². The number of amides is 2. The third-order valence-electron chi connectivity index (χ3n) is 4.80. The Bertz CT molecular complexity index is 694. The fourth-order valence-electron chi connectivity index (χ4n) is 3.16. The highest BCUT2D eigenvalue weighted by atomic mass is 19.3. The third kappa shape index (κ3) is 2.68. The molecule has 2 amide bonds. The lowest BCUT2D eigenvalue weighted by atomic mass is 9.67. The van der Waals surface area contributed by atoms with Crippen molar-refractivity contribution in [3.63, 3.8) is 0 Å². The van der Waals surface area contributed by atoms with Gasteiger partial charge in [0.2, 0.25) is 5.92 Å². The average molecular weight is 337 g/mol. The monoisotopic (exact) mass is 337 g/mol. The lowest BCUT2D eigenvalue weighted by molar-refractivity contribution is -0.188. The van der Waals surface area contributed by atoms with Crippen LogP contribution in [-0.4, -0.2) is 28.8 Å². The Labute approximate surface area is 137 Å². The molecule has 0 aromatic heterocycles. The van der Waals surface area contributed by atoms with Crippen molar-refractivity contribution >= 4 is 17.8 Å². The summed E-state index contributed by atoms with van der Waals surface area (Å²) in [6.07, 6.45) is -0.791. The summed E-state index contributed by atoms with van der Waals surface area (Å²) in [5, 5.41) is 0.371. The molecule has 128 valence electrons. The van der Waals surface area contributed by atoms with Gasteiger partial charge in [0.1, 0.15) is 0 Å². The van der Waals surface area contributed by atoms with E-state index >= 15 is 0 Å². The van der Waals surface area contributed by atoms with Gasteiger partial charge in [-0.3, -0.25) is 9.59 Å². The number of imide groups is 1. The highest BCUT2D eigenvalue weighted by Crippen LogP contribution is 2.47. The predicted molar refractivity (Wildman–Crippen MR) is 79.1 cm³/mol. The van der Waals surface area contributed by atoms with E-state index in [2.05, 4.69) is 0 Å². The molecule has 1 aromatic rings. The van der Waals surface area contributed by atoms with Gasteiger partial charge in [-0.2, -0.15) is 0 Å². The van der Waals surface area contributed by atoms with Crippen LogP contribution in [0.2, 0.25) is 0 Å². The average Bonchev–Trinajstić information content (AvgIpc) is 2.75. The number of rotatable bonds is 2. The molecule has 5 nitrogen and oxygen atoms in total. The summed E-state index contributed by atoms with van der Waals surface area (Å²) >= 11 is 0. The van der Waals surface area contributed by atoms with E-state index in [1.54, 1.807) is 26.0 Å². The first-order valence-corrected chi connectivity index (χ1v) is 7.70. The molecule has 3 rings (SSSR count). The van der Waals surface area contributed by atoms with Crippen molar-refractivity contribution in [1.82, 2.24) is 5.06 Å². The summed E-state index contributed by atoms with van der Waals surface area (Å²) in [6.45, 7) is 3.41. The van der Waals surface area contributed by atoms with Crippen LogP contribution in [0.5, 0.6) is 0 Å². The van der Waals surface area contributed by atoms with Gasteiger partial charge in [0.15, 0.2) is 0 Å². The zero-order valence-electron chi connectivity index (χ0n) is 13.3. The van der Waals surface area contributed by atoms with E-state index in [1.165, 1.54) is 12.1 Å². The Morgan fingerprint density at radius 1 is 1.12 bits per heavy atom. The number of nitrogens with zero attached hydrogens (tertiary/aromatic N) is 1. The van der Waals surface area contributed by atoms with Crippen molar-refractivity contribution in [3.05, 3.63) is 35.4 Å². The minimum Gasteiger partial charge on any atom is -0.329 e. The maximum absolute atomic E-state index is 13.7. The molecule has 0 bridgehead atoms. The number of fused-ring (bicyclic) bond motifs is 1. The quantitative estimate of drug-likeness (QED) is 0.778. The second kappa shape index (κ2) is 5.36. The molecular weight excluding hydrogens is 320 g/mol. The molecule has 1 unspecified atom stereocenters. The number of halogens is 2. The van der Waals surface area contributed by atoms with Gasteiger partial charge in [0.05, 0.1) is 17.0 Å². The van der Waals surface area contributed by atoms with E-state index < -0.39 is 41.5 Å². The van der Waals surface area contributed by atoms with Gasteiger partial charge in [0.25, 0.3) is 11.8 Å². The fourth-order valence-corrected chi connectivity index (χ4v) is 3.16. The number of carbonyl (C=O) groups is 3. The molecule has 1 fully saturated rings. The van der Waals surface area contributed by atoms with E-state index in [-0.39, 0.29) is 24.0 Å². The molecule has 0 saturated heterocycles. The Kier molecular flexibility index (Phi) is 3.69. The second-order valence-corrected chi connectivity index (χ2v) is 6.96. The molecular formula is C17H17F2NO4. The Morgan fingerprint density at radius 3 is 2.21 bits per heavy atom. The number of hydroxylamine groups is 2. The molecule has 0 N–H and O–H groups in total. The Balaban J connectivity index is 1.80. The van der Waals surface area contributed by atoms with Crippen molar-refractivity contribution in [2.24, 2.45) is 11.3 Å². The predicted octanol–water partition coefficient (Wildman–Crippen LogP) is 3.20. The number of hydrogen-bond acceptors (Lipinski definition) is 4. The highest BCUT2D eigenvalue weighted by molar-refractivity contribution is 6.20. The molecule has 1 aliphatic heterocycles. The lowest BCUT2D eigenvalue weighted by Crippen LogP contribution is -2.45. The summed E-state index contributed by atoms with van der Waals surface area (Å²) < 4.78 is 27.4. The van der Waals surface area contributed by atoms with Crippen LogP contribution in [0, 0.1) is 11.3 Å². The Morgan fingerprint density at radius 2 is 1.67 bits per heavy atom. The van der Waals surface area contributed by atoms with Crippen molar-refractivity contribution < 1.29 is 28.0 Å². The highest BCUT2D eigenvalue weighted by Gasteiger charge is 2.51. The van der Waals surface area contributed by atoms with Gasteiger partial charge in [-0.15, -0.1) is 0 Å². The molecule has 0 radical (unpaired) electrons. The van der Waals surface area contributed by atoms with Crippen LogP contribution < -0.4 is 0 Å². The van der Waals surface area contributed by atoms with Crippen molar-refractivity contribution in [3.8, 4) is 0 Å². The standard InChI is InChI=1S/C17H17F2NO4/c1-16(2)7-8-17(18,19)9-12(16)15(23)24-20-13(21)10-5-3-4-6-11(10)14(20)22/h3-6,12H,7-9H2,1-2H3. The van der Waals surface area contributed by atoms with E-state index in [0.29, 0.717) is 5.06 Å². The smallest absolute Gasteiger partial charge is 0.329 e. The number of alkyl halides is 2. The first-order chi connectivity index (χ1) is 11.1. The molecule has 1 heterocycles. The first-order valence-electron chi connectivity index (χ1n) is 7.70. The largest absolute Gasteiger partial charge is 0.337 e. The zero-order chi connectivity index (χ0) is 17.7. The normalized spacial score (nSPS) is 24.7. The third-order valence-corrected chi connectivity index (χ3v) is 4.80. The molecule has 0 spiro atoms. The minimum atomic E-state index is -2.96. The molecule has 1 atom stereocenters. The van der Waals surface area contributed by atoms with Gasteiger partial charge >= 0.3 is 5.97 Å². The maximum Gasteiger partial charge on any atom is 0.337 e. The molecule has 1 aliphatic carbocycles. The minimum absolute atomic E-state index is 0.128. The summed E-state index contributed by atoms with van der Waals surface area (Å²) in [7, 11) is 0. The van der Waals surface area contributed by atoms with Crippen molar-refractivity contribution in [2.45, 2.75) is 39.0 Å². The summed E-state index contributed by atoms with van der Waals surface area (Å²) in [4.78, 5) is 41.7. The van der Waals surface area contributed by atoms with E-state index in [4.69, 9.17) is 4.84 Å². The number of hydrogen-bond donors (Lipinski definition) is 0. The van der Waals surface area contributed by atoms with Crippen LogP contribution in [0.4, 0.5) is 8.78 Å². The molecule has 7 heteroatoms. The molecule has 24 heavy (non-hydrogen) atoms. The van der Waals surface area contributed by atoms with Crippen LogP contribution in [0.3, 0.4) is 0 Å². The first kappa shape index (κ1) is 16.5. The molecule has 2 aliphatic rings. The van der Waals surface area contributed by atoms with E-state index in [9.17, 15) is 23.2 Å². The SMILES string of the molecule is CC1(C)CCC(F)(F)CC1C(=O)ON1C(=O)c2ccccc2C1=O. The number of benzene rings is 1. The maximum atomic E-state index is 13.7. The zero-order valence-corrected chi connectivity index (χ0v) is 13.3. The van der Waals surface area contributed by atoms with Gasteiger partial charge in [0, 0.05) is 12.8 Å². The summed E-state index contributed by atoms with van der Waals surface area (Å²) in [5.41, 5.74) is -0.440. The van der Waals surface area contributed by atoms with Crippen LogP contribution in [0.15, 0.2) is 24.3 Å². The Hall–Kier alpha value is -2.31. The van der Waals surface area contributed by atoms with Crippen molar-refractivity contribution in [1.29, 1.82) is 0 Å².